The van der Waals surface area contributed by atoms with Crippen molar-refractivity contribution in [2.45, 2.75) is 11.8 Å². The zero-order valence-corrected chi connectivity index (χ0v) is 13.1. The Morgan fingerprint density at radius 3 is 2.70 bits per heavy atom. The molecule has 0 saturated carbocycles. The normalized spacial score (nSPS) is 17.3. The van der Waals surface area contributed by atoms with Crippen LogP contribution in [0.2, 0.25) is 5.02 Å². The lowest BCUT2D eigenvalue weighted by Gasteiger charge is -2.23. The predicted octanol–water partition coefficient (Wildman–Crippen LogP) is -0.158. The molecule has 5 nitrogen and oxygen atoms in total. The van der Waals surface area contributed by atoms with E-state index in [0.717, 1.165) is 38.4 Å². The molecule has 0 aliphatic carbocycles. The molecular weight excluding hydrogens is 300 g/mol. The fraction of sp³-hybridized carbons (Fsp3) is 0.538. The molecule has 2 rings (SSSR count). The van der Waals surface area contributed by atoms with Crippen LogP contribution < -0.4 is 9.62 Å². The van der Waals surface area contributed by atoms with Crippen LogP contribution in [0.15, 0.2) is 23.1 Å². The van der Waals surface area contributed by atoms with Gasteiger partial charge in [0, 0.05) is 5.02 Å². The van der Waals surface area contributed by atoms with E-state index >= 15 is 0 Å². The first kappa shape index (κ1) is 15.7. The van der Waals surface area contributed by atoms with Gasteiger partial charge in [-0.1, -0.05) is 11.6 Å². The molecule has 112 valence electrons. The van der Waals surface area contributed by atoms with E-state index in [9.17, 15) is 8.42 Å². The number of rotatable bonds is 5. The van der Waals surface area contributed by atoms with Crippen molar-refractivity contribution in [1.29, 1.82) is 0 Å². The Kier molecular flexibility index (Phi) is 5.40. The molecule has 1 saturated heterocycles. The third kappa shape index (κ3) is 4.17. The van der Waals surface area contributed by atoms with Crippen molar-refractivity contribution in [3.63, 3.8) is 0 Å². The third-order valence-electron chi connectivity index (χ3n) is 3.41. The Hall–Kier alpha value is -0.660. The van der Waals surface area contributed by atoms with Gasteiger partial charge in [-0.3, -0.25) is 0 Å². The number of sulfonamides is 1. The molecule has 0 atom stereocenters. The van der Waals surface area contributed by atoms with Gasteiger partial charge < -0.3 is 9.64 Å². The zero-order valence-electron chi connectivity index (χ0n) is 11.5. The monoisotopic (exact) mass is 319 g/mol. The molecule has 7 heteroatoms. The largest absolute Gasteiger partial charge is 0.370 e. The van der Waals surface area contributed by atoms with E-state index in [4.69, 9.17) is 16.3 Å². The average Bonchev–Trinajstić information content (AvgIpc) is 2.43. The molecule has 2 N–H and O–H groups in total. The van der Waals surface area contributed by atoms with Crippen LogP contribution in [0.5, 0.6) is 0 Å². The highest BCUT2D eigenvalue weighted by molar-refractivity contribution is 7.89. The summed E-state index contributed by atoms with van der Waals surface area (Å²) in [4.78, 5) is 1.63. The number of quaternary nitrogens is 1. The summed E-state index contributed by atoms with van der Waals surface area (Å²) in [6, 6.07) is 4.73. The number of ether oxygens (including phenoxy) is 1. The number of halogens is 1. The Morgan fingerprint density at radius 2 is 2.05 bits per heavy atom. The predicted molar refractivity (Wildman–Crippen MR) is 77.8 cm³/mol. The van der Waals surface area contributed by atoms with Crippen LogP contribution in [0.25, 0.3) is 0 Å². The average molecular weight is 320 g/mol. The summed E-state index contributed by atoms with van der Waals surface area (Å²) in [7, 11) is -3.45. The molecule has 1 aliphatic heterocycles. The Labute approximate surface area is 124 Å². The topological polar surface area (TPSA) is 59.8 Å². The van der Waals surface area contributed by atoms with Gasteiger partial charge in [-0.15, -0.1) is 0 Å². The first-order valence-corrected chi connectivity index (χ1v) is 8.52. The lowest BCUT2D eigenvalue weighted by Crippen LogP contribution is -3.14. The van der Waals surface area contributed by atoms with E-state index in [1.54, 1.807) is 19.1 Å². The molecule has 1 aromatic carbocycles. The maximum atomic E-state index is 12.1. The van der Waals surface area contributed by atoms with E-state index in [2.05, 4.69) is 4.72 Å². The van der Waals surface area contributed by atoms with Crippen LogP contribution in [0, 0.1) is 6.92 Å². The van der Waals surface area contributed by atoms with Crippen LogP contribution in [-0.4, -0.2) is 47.8 Å². The molecular formula is C13H20ClN2O3S+. The van der Waals surface area contributed by atoms with Crippen molar-refractivity contribution in [2.24, 2.45) is 0 Å². The first-order valence-electron chi connectivity index (χ1n) is 6.66. The molecule has 0 spiro atoms. The molecule has 0 unspecified atom stereocenters. The van der Waals surface area contributed by atoms with E-state index < -0.39 is 10.0 Å². The molecule has 0 aromatic heterocycles. The number of morpholine rings is 1. The minimum absolute atomic E-state index is 0.261. The molecule has 0 bridgehead atoms. The van der Waals surface area contributed by atoms with Crippen molar-refractivity contribution in [3.05, 3.63) is 28.8 Å². The standard InChI is InChI=1S/C13H19ClN2O3S/c1-11-10-12(2-3-13(11)14)20(17,18)15-4-5-16-6-8-19-9-7-16/h2-3,10,15H,4-9H2,1H3/p+1. The van der Waals surface area contributed by atoms with Crippen molar-refractivity contribution in [1.82, 2.24) is 4.72 Å². The van der Waals surface area contributed by atoms with Crippen LogP contribution in [0.4, 0.5) is 0 Å². The number of nitrogens with one attached hydrogen (secondary N) is 2. The first-order chi connectivity index (χ1) is 9.49. The maximum Gasteiger partial charge on any atom is 0.240 e. The van der Waals surface area contributed by atoms with E-state index in [-0.39, 0.29) is 4.90 Å². The summed E-state index contributed by atoms with van der Waals surface area (Å²) >= 11 is 5.91. The number of aryl methyl sites for hydroxylation is 1. The summed E-state index contributed by atoms with van der Waals surface area (Å²) in [5.41, 5.74) is 0.758. The Morgan fingerprint density at radius 1 is 1.35 bits per heavy atom. The lowest BCUT2D eigenvalue weighted by molar-refractivity contribution is -0.906. The highest BCUT2D eigenvalue weighted by Gasteiger charge is 2.17. The fourth-order valence-corrected chi connectivity index (χ4v) is 3.37. The highest BCUT2D eigenvalue weighted by Crippen LogP contribution is 2.19. The number of hydrogen-bond donors (Lipinski definition) is 2. The molecule has 1 aromatic rings. The second kappa shape index (κ2) is 6.87. The molecule has 1 fully saturated rings. The van der Waals surface area contributed by atoms with Crippen molar-refractivity contribution < 1.29 is 18.1 Å². The van der Waals surface area contributed by atoms with Gasteiger partial charge >= 0.3 is 0 Å². The van der Waals surface area contributed by atoms with Gasteiger partial charge in [0.05, 0.1) is 31.2 Å². The minimum atomic E-state index is -3.45. The SMILES string of the molecule is Cc1cc(S(=O)(=O)NCC[NH+]2CCOCC2)ccc1Cl. The summed E-state index contributed by atoms with van der Waals surface area (Å²) in [6.45, 7) is 6.36. The van der Waals surface area contributed by atoms with Crippen LogP contribution in [0.1, 0.15) is 5.56 Å². The summed E-state index contributed by atoms with van der Waals surface area (Å²) in [5, 5.41) is 0.571. The van der Waals surface area contributed by atoms with E-state index in [1.807, 2.05) is 0 Å². The van der Waals surface area contributed by atoms with Crippen LogP contribution in [-0.2, 0) is 14.8 Å². The molecule has 0 amide bonds. The van der Waals surface area contributed by atoms with Gasteiger partial charge in [0.1, 0.15) is 13.1 Å². The smallest absolute Gasteiger partial charge is 0.240 e. The van der Waals surface area contributed by atoms with Gasteiger partial charge in [0.2, 0.25) is 10.0 Å². The summed E-state index contributed by atoms with van der Waals surface area (Å²) < 4.78 is 32.2. The third-order valence-corrected chi connectivity index (χ3v) is 5.29. The minimum Gasteiger partial charge on any atom is -0.370 e. The molecule has 0 radical (unpaired) electrons. The van der Waals surface area contributed by atoms with Crippen molar-refractivity contribution in [3.8, 4) is 0 Å². The molecule has 20 heavy (non-hydrogen) atoms. The zero-order chi connectivity index (χ0) is 14.6. The fourth-order valence-electron chi connectivity index (χ4n) is 2.14. The Balaban J connectivity index is 1.91. The van der Waals surface area contributed by atoms with Crippen molar-refractivity contribution >= 4 is 21.6 Å². The number of benzene rings is 1. The quantitative estimate of drug-likeness (QED) is 0.793. The van der Waals surface area contributed by atoms with Gasteiger partial charge in [0.25, 0.3) is 0 Å². The van der Waals surface area contributed by atoms with Gasteiger partial charge in [0.15, 0.2) is 0 Å². The maximum absolute atomic E-state index is 12.1. The molecule has 1 heterocycles. The summed E-state index contributed by atoms with van der Waals surface area (Å²) in [6.07, 6.45) is 0. The van der Waals surface area contributed by atoms with Crippen molar-refractivity contribution in [2.75, 3.05) is 39.4 Å². The lowest BCUT2D eigenvalue weighted by atomic mass is 10.2. The van der Waals surface area contributed by atoms with Gasteiger partial charge in [-0.2, -0.15) is 0 Å². The van der Waals surface area contributed by atoms with Crippen LogP contribution >= 0.6 is 11.6 Å². The van der Waals surface area contributed by atoms with Gasteiger partial charge in [-0.05, 0) is 30.7 Å². The van der Waals surface area contributed by atoms with E-state index in [0.29, 0.717) is 11.6 Å². The second-order valence-corrected chi connectivity index (χ2v) is 7.10. The second-order valence-electron chi connectivity index (χ2n) is 4.92. The Bertz CT molecular complexity index is 557. The van der Waals surface area contributed by atoms with Crippen LogP contribution in [0.3, 0.4) is 0 Å². The number of hydrogen-bond acceptors (Lipinski definition) is 3. The summed E-state index contributed by atoms with van der Waals surface area (Å²) in [5.74, 6) is 0. The van der Waals surface area contributed by atoms with Gasteiger partial charge in [-0.25, -0.2) is 13.1 Å². The molecule has 1 aliphatic rings. The van der Waals surface area contributed by atoms with E-state index in [1.165, 1.54) is 11.0 Å². The highest BCUT2D eigenvalue weighted by atomic mass is 35.5.